The van der Waals surface area contributed by atoms with Gasteiger partial charge in [-0.15, -0.1) is 0 Å². The SMILES string of the molecule is COc1ccc(C(O)C2(C#N)CCCCC2)cc1F. The zero-order valence-electron chi connectivity index (χ0n) is 11.0. The molecule has 1 atom stereocenters. The van der Waals surface area contributed by atoms with Crippen molar-refractivity contribution in [1.82, 2.24) is 0 Å². The third kappa shape index (κ3) is 2.57. The van der Waals surface area contributed by atoms with E-state index < -0.39 is 17.3 Å². The maximum absolute atomic E-state index is 13.7. The van der Waals surface area contributed by atoms with E-state index in [1.54, 1.807) is 6.07 Å². The van der Waals surface area contributed by atoms with Gasteiger partial charge in [0, 0.05) is 0 Å². The topological polar surface area (TPSA) is 53.2 Å². The smallest absolute Gasteiger partial charge is 0.165 e. The van der Waals surface area contributed by atoms with Crippen molar-refractivity contribution in [3.05, 3.63) is 29.6 Å². The highest BCUT2D eigenvalue weighted by atomic mass is 19.1. The maximum atomic E-state index is 13.7. The molecule has 0 aromatic heterocycles. The van der Waals surface area contributed by atoms with E-state index in [2.05, 4.69) is 6.07 Å². The molecule has 102 valence electrons. The van der Waals surface area contributed by atoms with Crippen LogP contribution in [0.5, 0.6) is 5.75 Å². The van der Waals surface area contributed by atoms with Gasteiger partial charge in [-0.05, 0) is 30.5 Å². The van der Waals surface area contributed by atoms with Crippen molar-refractivity contribution < 1.29 is 14.2 Å². The van der Waals surface area contributed by atoms with E-state index in [0.29, 0.717) is 18.4 Å². The van der Waals surface area contributed by atoms with Gasteiger partial charge in [0.05, 0.1) is 24.7 Å². The van der Waals surface area contributed by atoms with E-state index >= 15 is 0 Å². The van der Waals surface area contributed by atoms with Crippen LogP contribution in [0.25, 0.3) is 0 Å². The average molecular weight is 263 g/mol. The van der Waals surface area contributed by atoms with Crippen LogP contribution in [0.2, 0.25) is 0 Å². The molecule has 1 aliphatic rings. The van der Waals surface area contributed by atoms with Crippen molar-refractivity contribution in [1.29, 1.82) is 5.26 Å². The van der Waals surface area contributed by atoms with Crippen LogP contribution in [-0.4, -0.2) is 12.2 Å². The largest absolute Gasteiger partial charge is 0.494 e. The molecule has 2 rings (SSSR count). The van der Waals surface area contributed by atoms with Crippen molar-refractivity contribution >= 4 is 0 Å². The number of benzene rings is 1. The number of hydrogen-bond acceptors (Lipinski definition) is 3. The fourth-order valence-corrected chi connectivity index (χ4v) is 2.80. The lowest BCUT2D eigenvalue weighted by atomic mass is 9.69. The first-order chi connectivity index (χ1) is 9.13. The van der Waals surface area contributed by atoms with E-state index in [9.17, 15) is 14.8 Å². The van der Waals surface area contributed by atoms with E-state index in [4.69, 9.17) is 4.74 Å². The second-order valence-corrected chi connectivity index (χ2v) is 5.13. The van der Waals surface area contributed by atoms with Crippen molar-refractivity contribution in [2.45, 2.75) is 38.2 Å². The molecule has 0 heterocycles. The molecule has 1 aliphatic carbocycles. The molecule has 0 bridgehead atoms. The highest BCUT2D eigenvalue weighted by molar-refractivity contribution is 5.32. The molecule has 1 saturated carbocycles. The monoisotopic (exact) mass is 263 g/mol. The number of nitrogens with zero attached hydrogens (tertiary/aromatic N) is 1. The van der Waals surface area contributed by atoms with Crippen molar-refractivity contribution in [2.24, 2.45) is 5.41 Å². The van der Waals surface area contributed by atoms with Gasteiger partial charge in [0.2, 0.25) is 0 Å². The number of aliphatic hydroxyl groups excluding tert-OH is 1. The zero-order chi connectivity index (χ0) is 13.9. The Morgan fingerprint density at radius 3 is 2.58 bits per heavy atom. The van der Waals surface area contributed by atoms with Gasteiger partial charge in [-0.1, -0.05) is 25.3 Å². The summed E-state index contributed by atoms with van der Waals surface area (Å²) in [5.41, 5.74) is -0.332. The molecule has 0 spiro atoms. The first kappa shape index (κ1) is 13.8. The first-order valence-electron chi connectivity index (χ1n) is 6.56. The molecule has 1 unspecified atom stereocenters. The molecular formula is C15H18FNO2. The Morgan fingerprint density at radius 2 is 2.05 bits per heavy atom. The summed E-state index contributed by atoms with van der Waals surface area (Å²) < 4.78 is 18.5. The van der Waals surface area contributed by atoms with Crippen LogP contribution in [0.4, 0.5) is 4.39 Å². The summed E-state index contributed by atoms with van der Waals surface area (Å²) in [6, 6.07) is 6.63. The second kappa shape index (κ2) is 5.58. The molecule has 0 amide bonds. The fraction of sp³-hybridized carbons (Fsp3) is 0.533. The lowest BCUT2D eigenvalue weighted by Crippen LogP contribution is -2.30. The number of hydrogen-bond donors (Lipinski definition) is 1. The highest BCUT2D eigenvalue weighted by Crippen LogP contribution is 2.45. The first-order valence-corrected chi connectivity index (χ1v) is 6.56. The molecule has 1 aromatic rings. The minimum absolute atomic E-state index is 0.144. The molecule has 0 aliphatic heterocycles. The van der Waals surface area contributed by atoms with E-state index in [1.807, 2.05) is 0 Å². The number of nitriles is 1. The minimum atomic E-state index is -0.946. The van der Waals surface area contributed by atoms with Gasteiger partial charge < -0.3 is 9.84 Å². The Labute approximate surface area is 112 Å². The van der Waals surface area contributed by atoms with Crippen LogP contribution in [-0.2, 0) is 0 Å². The Kier molecular flexibility index (Phi) is 4.06. The number of halogens is 1. The fourth-order valence-electron chi connectivity index (χ4n) is 2.80. The van der Waals surface area contributed by atoms with Gasteiger partial charge in [-0.25, -0.2) is 4.39 Å². The molecule has 3 nitrogen and oxygen atoms in total. The Balaban J connectivity index is 2.30. The lowest BCUT2D eigenvalue weighted by Gasteiger charge is -2.35. The molecular weight excluding hydrogens is 245 g/mol. The lowest BCUT2D eigenvalue weighted by molar-refractivity contribution is 0.0357. The predicted molar refractivity (Wildman–Crippen MR) is 69.0 cm³/mol. The van der Waals surface area contributed by atoms with Crippen LogP contribution in [0.1, 0.15) is 43.8 Å². The molecule has 1 N–H and O–H groups in total. The van der Waals surface area contributed by atoms with E-state index in [1.165, 1.54) is 19.2 Å². The highest BCUT2D eigenvalue weighted by Gasteiger charge is 2.40. The van der Waals surface area contributed by atoms with Crippen LogP contribution < -0.4 is 4.74 Å². The quantitative estimate of drug-likeness (QED) is 0.910. The minimum Gasteiger partial charge on any atom is -0.494 e. The van der Waals surface area contributed by atoms with Crippen LogP contribution in [0.15, 0.2) is 18.2 Å². The molecule has 1 fully saturated rings. The van der Waals surface area contributed by atoms with Gasteiger partial charge in [0.1, 0.15) is 0 Å². The normalized spacial score (nSPS) is 19.5. The molecule has 4 heteroatoms. The van der Waals surface area contributed by atoms with E-state index in [-0.39, 0.29) is 5.75 Å². The summed E-state index contributed by atoms with van der Waals surface area (Å²) in [6.07, 6.45) is 3.34. The standard InChI is InChI=1S/C15H18FNO2/c1-19-13-6-5-11(9-12(13)16)14(18)15(10-17)7-3-2-4-8-15/h5-6,9,14,18H,2-4,7-8H2,1H3. The number of rotatable bonds is 3. The Morgan fingerprint density at radius 1 is 1.37 bits per heavy atom. The third-order valence-electron chi connectivity index (χ3n) is 3.98. The third-order valence-corrected chi connectivity index (χ3v) is 3.98. The number of aliphatic hydroxyl groups is 1. The predicted octanol–water partition coefficient (Wildman–Crippen LogP) is 3.34. The summed E-state index contributed by atoms with van der Waals surface area (Å²) in [7, 11) is 1.40. The van der Waals surface area contributed by atoms with Crippen LogP contribution in [0, 0.1) is 22.6 Å². The van der Waals surface area contributed by atoms with E-state index in [0.717, 1.165) is 19.3 Å². The van der Waals surface area contributed by atoms with Crippen LogP contribution in [0.3, 0.4) is 0 Å². The van der Waals surface area contributed by atoms with Crippen molar-refractivity contribution in [2.75, 3.05) is 7.11 Å². The molecule has 1 aromatic carbocycles. The summed E-state index contributed by atoms with van der Waals surface area (Å²) >= 11 is 0. The average Bonchev–Trinajstić information content (AvgIpc) is 2.47. The summed E-state index contributed by atoms with van der Waals surface area (Å²) in [4.78, 5) is 0. The van der Waals surface area contributed by atoms with Crippen molar-refractivity contribution in [3.63, 3.8) is 0 Å². The number of ether oxygens (including phenoxy) is 1. The number of methoxy groups -OCH3 is 1. The zero-order valence-corrected chi connectivity index (χ0v) is 11.0. The summed E-state index contributed by atoms with van der Waals surface area (Å²) in [5, 5.41) is 19.9. The van der Waals surface area contributed by atoms with Gasteiger partial charge in [0.25, 0.3) is 0 Å². The molecule has 19 heavy (non-hydrogen) atoms. The van der Waals surface area contributed by atoms with Crippen molar-refractivity contribution in [3.8, 4) is 11.8 Å². The molecule has 0 radical (unpaired) electrons. The Hall–Kier alpha value is -1.60. The summed E-state index contributed by atoms with van der Waals surface area (Å²) in [5.74, 6) is -0.367. The Bertz CT molecular complexity index is 489. The van der Waals surface area contributed by atoms with Gasteiger partial charge in [-0.2, -0.15) is 5.26 Å². The van der Waals surface area contributed by atoms with Gasteiger partial charge >= 0.3 is 0 Å². The van der Waals surface area contributed by atoms with Gasteiger partial charge in [0.15, 0.2) is 11.6 Å². The van der Waals surface area contributed by atoms with Crippen LogP contribution >= 0.6 is 0 Å². The molecule has 0 saturated heterocycles. The summed E-state index contributed by atoms with van der Waals surface area (Å²) in [6.45, 7) is 0. The maximum Gasteiger partial charge on any atom is 0.165 e. The van der Waals surface area contributed by atoms with Gasteiger partial charge in [-0.3, -0.25) is 0 Å². The second-order valence-electron chi connectivity index (χ2n) is 5.13.